The minimum absolute atomic E-state index is 0.0781. The van der Waals surface area contributed by atoms with Crippen molar-refractivity contribution in [1.82, 2.24) is 10.2 Å². The number of carbonyl (C=O) groups is 2. The second kappa shape index (κ2) is 7.49. The Morgan fingerprint density at radius 2 is 2.04 bits per heavy atom. The third-order valence-corrected chi connectivity index (χ3v) is 4.92. The normalized spacial score (nSPS) is 28.8. The highest BCUT2D eigenvalue weighted by Gasteiger charge is 2.52. The summed E-state index contributed by atoms with van der Waals surface area (Å²) < 4.78 is 9.97. The van der Waals surface area contributed by atoms with Crippen LogP contribution >= 0.6 is 0 Å². The first-order valence-corrected chi connectivity index (χ1v) is 8.37. The van der Waals surface area contributed by atoms with E-state index in [9.17, 15) is 14.7 Å². The number of fused-ring (bicyclic) bond motifs is 2. The van der Waals surface area contributed by atoms with E-state index in [1.165, 1.54) is 7.11 Å². The van der Waals surface area contributed by atoms with Crippen molar-refractivity contribution in [3.8, 4) is 0 Å². The first-order valence-electron chi connectivity index (χ1n) is 8.37. The monoisotopic (exact) mass is 328 g/mol. The molecule has 1 aliphatic heterocycles. The molecule has 2 bridgehead atoms. The van der Waals surface area contributed by atoms with Crippen LogP contribution in [0, 0.1) is 11.8 Å². The van der Waals surface area contributed by atoms with Crippen molar-refractivity contribution in [2.24, 2.45) is 11.8 Å². The van der Waals surface area contributed by atoms with Crippen molar-refractivity contribution in [3.63, 3.8) is 0 Å². The summed E-state index contributed by atoms with van der Waals surface area (Å²) in [5.74, 6) is 0.0170. The minimum atomic E-state index is -0.981. The standard InChI is InChI=1S/C16H28N2O5/c1-5-23-15(20)13-10-6-7-11(8-10)18(13)14(19)12(9(2)3)17-16(21)22-4/h9-13,15,20H,5-8H2,1-4H3,(H,17,21). The predicted octanol–water partition coefficient (Wildman–Crippen LogP) is 1.10. The highest BCUT2D eigenvalue weighted by molar-refractivity contribution is 5.86. The molecule has 7 heteroatoms. The number of likely N-dealkylation sites (tertiary alicyclic amines) is 1. The van der Waals surface area contributed by atoms with E-state index in [0.717, 1.165) is 19.3 Å². The van der Waals surface area contributed by atoms with Crippen molar-refractivity contribution in [3.05, 3.63) is 0 Å². The van der Waals surface area contributed by atoms with E-state index in [1.807, 2.05) is 20.8 Å². The van der Waals surface area contributed by atoms with Gasteiger partial charge in [-0.3, -0.25) is 4.79 Å². The summed E-state index contributed by atoms with van der Waals surface area (Å²) in [5, 5.41) is 12.9. The van der Waals surface area contributed by atoms with Gasteiger partial charge in [-0.25, -0.2) is 4.79 Å². The van der Waals surface area contributed by atoms with Gasteiger partial charge in [0.05, 0.1) is 13.2 Å². The Balaban J connectivity index is 2.18. The first-order chi connectivity index (χ1) is 10.9. The largest absolute Gasteiger partial charge is 0.453 e. The van der Waals surface area contributed by atoms with Gasteiger partial charge in [0.1, 0.15) is 6.04 Å². The molecule has 0 aromatic carbocycles. The maximum absolute atomic E-state index is 13.0. The van der Waals surface area contributed by atoms with Gasteiger partial charge in [-0.2, -0.15) is 0 Å². The van der Waals surface area contributed by atoms with Crippen molar-refractivity contribution in [1.29, 1.82) is 0 Å². The third kappa shape index (κ3) is 3.61. The second-order valence-corrected chi connectivity index (χ2v) is 6.67. The molecule has 2 rings (SSSR count). The molecular weight excluding hydrogens is 300 g/mol. The molecular formula is C16H28N2O5. The summed E-state index contributed by atoms with van der Waals surface area (Å²) in [6, 6.07) is -0.881. The van der Waals surface area contributed by atoms with Gasteiger partial charge in [0.2, 0.25) is 5.91 Å². The Hall–Kier alpha value is -1.34. The first kappa shape index (κ1) is 18.0. The zero-order valence-corrected chi connectivity index (χ0v) is 14.3. The van der Waals surface area contributed by atoms with Gasteiger partial charge in [-0.1, -0.05) is 13.8 Å². The van der Waals surface area contributed by atoms with E-state index in [0.29, 0.717) is 6.61 Å². The van der Waals surface area contributed by atoms with Crippen LogP contribution < -0.4 is 5.32 Å². The molecule has 0 aromatic rings. The number of hydrogen-bond acceptors (Lipinski definition) is 5. The molecule has 2 fully saturated rings. The number of methoxy groups -OCH3 is 1. The van der Waals surface area contributed by atoms with Crippen molar-refractivity contribution >= 4 is 12.0 Å². The number of rotatable bonds is 6. The molecule has 1 saturated carbocycles. The summed E-state index contributed by atoms with van der Waals surface area (Å²) in [7, 11) is 1.27. The number of nitrogens with one attached hydrogen (secondary N) is 1. The highest BCUT2D eigenvalue weighted by atomic mass is 16.6. The van der Waals surface area contributed by atoms with Crippen molar-refractivity contribution in [2.45, 2.75) is 64.4 Å². The van der Waals surface area contributed by atoms with E-state index in [2.05, 4.69) is 10.1 Å². The van der Waals surface area contributed by atoms with E-state index >= 15 is 0 Å². The Bertz CT molecular complexity index is 442. The molecule has 0 radical (unpaired) electrons. The number of amides is 2. The Labute approximate surface area is 137 Å². The lowest BCUT2D eigenvalue weighted by molar-refractivity contribution is -0.168. The lowest BCUT2D eigenvalue weighted by atomic mass is 9.95. The van der Waals surface area contributed by atoms with Gasteiger partial charge in [-0.15, -0.1) is 0 Å². The maximum atomic E-state index is 13.0. The SMILES string of the molecule is CCOC(O)C1C2CCC(C2)N1C(=O)C(NC(=O)OC)C(C)C. The Morgan fingerprint density at radius 1 is 1.35 bits per heavy atom. The number of ether oxygens (including phenoxy) is 2. The fourth-order valence-corrected chi connectivity index (χ4v) is 3.85. The van der Waals surface area contributed by atoms with Gasteiger partial charge < -0.3 is 24.8 Å². The fourth-order valence-electron chi connectivity index (χ4n) is 3.85. The van der Waals surface area contributed by atoms with Crippen LogP contribution in [0.3, 0.4) is 0 Å². The molecule has 2 N–H and O–H groups in total. The average Bonchev–Trinajstić information content (AvgIpc) is 3.12. The van der Waals surface area contributed by atoms with Gasteiger partial charge in [0.25, 0.3) is 0 Å². The molecule has 7 nitrogen and oxygen atoms in total. The molecule has 5 unspecified atom stereocenters. The Kier molecular flexibility index (Phi) is 5.86. The summed E-state index contributed by atoms with van der Waals surface area (Å²) in [6.45, 7) is 5.96. The van der Waals surface area contributed by atoms with E-state index in [4.69, 9.17) is 4.74 Å². The molecule has 2 amide bonds. The van der Waals surface area contributed by atoms with Crippen LogP contribution in [0.1, 0.15) is 40.0 Å². The molecule has 1 aliphatic carbocycles. The third-order valence-electron chi connectivity index (χ3n) is 4.92. The van der Waals surface area contributed by atoms with Crippen molar-refractivity contribution in [2.75, 3.05) is 13.7 Å². The molecule has 23 heavy (non-hydrogen) atoms. The van der Waals surface area contributed by atoms with Crippen LogP contribution in [-0.4, -0.2) is 60.1 Å². The Morgan fingerprint density at radius 3 is 2.61 bits per heavy atom. The number of alkyl carbamates (subject to hydrolysis) is 1. The van der Waals surface area contributed by atoms with Crippen LogP contribution in [-0.2, 0) is 14.3 Å². The molecule has 5 atom stereocenters. The molecule has 1 heterocycles. The second-order valence-electron chi connectivity index (χ2n) is 6.67. The number of aliphatic hydroxyl groups excluding tert-OH is 1. The average molecular weight is 328 g/mol. The van der Waals surface area contributed by atoms with Crippen LogP contribution in [0.5, 0.6) is 0 Å². The van der Waals surface area contributed by atoms with Gasteiger partial charge in [-0.05, 0) is 38.0 Å². The summed E-state index contributed by atoms with van der Waals surface area (Å²) in [5.41, 5.74) is 0. The zero-order chi connectivity index (χ0) is 17.1. The molecule has 1 saturated heterocycles. The lowest BCUT2D eigenvalue weighted by Gasteiger charge is -2.40. The highest BCUT2D eigenvalue weighted by Crippen LogP contribution is 2.44. The predicted molar refractivity (Wildman–Crippen MR) is 83.6 cm³/mol. The number of piperidine rings is 1. The minimum Gasteiger partial charge on any atom is -0.453 e. The maximum Gasteiger partial charge on any atom is 0.407 e. The van der Waals surface area contributed by atoms with Crippen LogP contribution in [0.4, 0.5) is 4.79 Å². The number of hydrogen-bond donors (Lipinski definition) is 2. The van der Waals surface area contributed by atoms with Crippen molar-refractivity contribution < 1.29 is 24.2 Å². The topological polar surface area (TPSA) is 88.1 Å². The smallest absolute Gasteiger partial charge is 0.407 e. The number of nitrogens with zero attached hydrogens (tertiary/aromatic N) is 1. The molecule has 0 spiro atoms. The zero-order valence-electron chi connectivity index (χ0n) is 14.3. The summed E-state index contributed by atoms with van der Waals surface area (Å²) >= 11 is 0. The summed E-state index contributed by atoms with van der Waals surface area (Å²) in [6.07, 6.45) is 1.23. The van der Waals surface area contributed by atoms with E-state index in [-0.39, 0.29) is 29.8 Å². The van der Waals surface area contributed by atoms with E-state index in [1.54, 1.807) is 4.90 Å². The fraction of sp³-hybridized carbons (Fsp3) is 0.875. The molecule has 0 aromatic heterocycles. The van der Waals surface area contributed by atoms with Crippen LogP contribution in [0.15, 0.2) is 0 Å². The number of carbonyl (C=O) groups excluding carboxylic acids is 2. The lowest BCUT2D eigenvalue weighted by Crippen LogP contribution is -2.58. The van der Waals surface area contributed by atoms with Gasteiger partial charge >= 0.3 is 6.09 Å². The molecule has 2 aliphatic rings. The summed E-state index contributed by atoms with van der Waals surface area (Å²) in [4.78, 5) is 26.3. The molecule has 132 valence electrons. The van der Waals surface area contributed by atoms with Gasteiger partial charge in [0.15, 0.2) is 6.29 Å². The number of aliphatic hydroxyl groups is 1. The quantitative estimate of drug-likeness (QED) is 0.713. The van der Waals surface area contributed by atoms with Gasteiger partial charge in [0, 0.05) is 12.6 Å². The van der Waals surface area contributed by atoms with Crippen LogP contribution in [0.25, 0.3) is 0 Å². The van der Waals surface area contributed by atoms with E-state index < -0.39 is 18.4 Å². The van der Waals surface area contributed by atoms with Crippen LogP contribution in [0.2, 0.25) is 0 Å².